The van der Waals surface area contributed by atoms with E-state index in [1.807, 2.05) is 0 Å². The summed E-state index contributed by atoms with van der Waals surface area (Å²) in [6, 6.07) is 8.81. The van der Waals surface area contributed by atoms with Crippen LogP contribution < -0.4 is 14.2 Å². The van der Waals surface area contributed by atoms with E-state index in [1.165, 1.54) is 38.5 Å². The van der Waals surface area contributed by atoms with Crippen LogP contribution in [0.5, 0.6) is 11.5 Å². The summed E-state index contributed by atoms with van der Waals surface area (Å²) in [5.74, 6) is -3.04. The fourth-order valence-corrected chi connectivity index (χ4v) is 4.79. The third-order valence-corrected chi connectivity index (χ3v) is 6.85. The molecular formula is C21H23ClF2N2O5S. The molecule has 1 amide bonds. The Morgan fingerprint density at radius 3 is 2.47 bits per heavy atom. The van der Waals surface area contributed by atoms with Crippen LogP contribution in [0.25, 0.3) is 0 Å². The fraction of sp³-hybridized carbons (Fsp3) is 0.381. The molecule has 1 aliphatic rings. The van der Waals surface area contributed by atoms with Gasteiger partial charge in [0.05, 0.1) is 25.7 Å². The summed E-state index contributed by atoms with van der Waals surface area (Å²) in [6.07, 6.45) is -0.975. The lowest BCUT2D eigenvalue weighted by molar-refractivity contribution is -0.136. The zero-order valence-electron chi connectivity index (χ0n) is 17.5. The van der Waals surface area contributed by atoms with Crippen LogP contribution in [-0.2, 0) is 21.4 Å². The number of carbonyl (C=O) groups excluding carboxylic acids is 1. The van der Waals surface area contributed by atoms with Gasteiger partial charge in [-0.3, -0.25) is 4.79 Å². The maximum atomic E-state index is 14.4. The number of nitrogens with zero attached hydrogens (tertiary/aromatic N) is 1. The number of halogens is 3. The molecule has 2 aromatic rings. The van der Waals surface area contributed by atoms with Crippen molar-refractivity contribution in [3.63, 3.8) is 0 Å². The molecule has 1 saturated heterocycles. The first-order valence-electron chi connectivity index (χ1n) is 9.70. The van der Waals surface area contributed by atoms with Crippen molar-refractivity contribution in [3.05, 3.63) is 53.1 Å². The van der Waals surface area contributed by atoms with E-state index in [9.17, 15) is 22.0 Å². The highest BCUT2D eigenvalue weighted by atomic mass is 35.5. The standard InChI is InChI=1S/C21H23ClF2N2O5S/c1-30-16-6-3-14(19(11-16)31-2)12-26-13-21(23,24)10-9-18(20(26)27)25-32(28,29)17-7-4-15(22)5-8-17/h3-8,11,18,25H,9-10,12-13H2,1-2H3. The predicted octanol–water partition coefficient (Wildman–Crippen LogP) is 3.46. The lowest BCUT2D eigenvalue weighted by Crippen LogP contribution is -2.47. The lowest BCUT2D eigenvalue weighted by Gasteiger charge is -2.27. The molecule has 2 aromatic carbocycles. The Kier molecular flexibility index (Phi) is 7.26. The number of hydrogen-bond donors (Lipinski definition) is 1. The molecule has 11 heteroatoms. The number of hydrogen-bond acceptors (Lipinski definition) is 5. The quantitative estimate of drug-likeness (QED) is 0.645. The summed E-state index contributed by atoms with van der Waals surface area (Å²) in [7, 11) is -1.23. The molecule has 0 aliphatic carbocycles. The molecule has 1 heterocycles. The Bertz CT molecular complexity index is 1080. The molecule has 7 nitrogen and oxygen atoms in total. The highest BCUT2D eigenvalue weighted by Crippen LogP contribution is 2.31. The minimum absolute atomic E-state index is 0.117. The van der Waals surface area contributed by atoms with Crippen molar-refractivity contribution < 1.29 is 31.5 Å². The third-order valence-electron chi connectivity index (χ3n) is 5.11. The van der Waals surface area contributed by atoms with Gasteiger partial charge in [0.2, 0.25) is 15.9 Å². The molecule has 0 saturated carbocycles. The number of carbonyl (C=O) groups is 1. The van der Waals surface area contributed by atoms with Crippen LogP contribution in [0.4, 0.5) is 8.78 Å². The van der Waals surface area contributed by atoms with Crippen LogP contribution in [0, 0.1) is 0 Å². The van der Waals surface area contributed by atoms with E-state index in [0.717, 1.165) is 4.90 Å². The average molecular weight is 489 g/mol. The monoisotopic (exact) mass is 488 g/mol. The first-order chi connectivity index (χ1) is 15.0. The van der Waals surface area contributed by atoms with Gasteiger partial charge < -0.3 is 14.4 Å². The van der Waals surface area contributed by atoms with Gasteiger partial charge in [0.25, 0.3) is 5.92 Å². The fourth-order valence-electron chi connectivity index (χ4n) is 3.44. The lowest BCUT2D eigenvalue weighted by atomic mass is 10.1. The van der Waals surface area contributed by atoms with E-state index >= 15 is 0 Å². The zero-order chi connectivity index (χ0) is 23.5. The summed E-state index contributed by atoms with van der Waals surface area (Å²) in [5.41, 5.74) is 0.485. The molecule has 3 rings (SSSR count). The van der Waals surface area contributed by atoms with Gasteiger partial charge in [-0.25, -0.2) is 17.2 Å². The minimum Gasteiger partial charge on any atom is -0.497 e. The topological polar surface area (TPSA) is 84.9 Å². The van der Waals surface area contributed by atoms with Crippen molar-refractivity contribution in [2.75, 3.05) is 20.8 Å². The number of sulfonamides is 1. The molecular weight excluding hydrogens is 466 g/mol. The van der Waals surface area contributed by atoms with Crippen molar-refractivity contribution in [2.45, 2.75) is 36.2 Å². The second-order valence-electron chi connectivity index (χ2n) is 7.39. The van der Waals surface area contributed by atoms with Gasteiger partial charge in [0.15, 0.2) is 0 Å². The number of amides is 1. The molecule has 32 heavy (non-hydrogen) atoms. The van der Waals surface area contributed by atoms with Gasteiger partial charge >= 0.3 is 0 Å². The number of methoxy groups -OCH3 is 2. The molecule has 1 unspecified atom stereocenters. The van der Waals surface area contributed by atoms with E-state index in [0.29, 0.717) is 22.1 Å². The Morgan fingerprint density at radius 2 is 1.84 bits per heavy atom. The van der Waals surface area contributed by atoms with E-state index in [2.05, 4.69) is 4.72 Å². The second-order valence-corrected chi connectivity index (χ2v) is 9.54. The van der Waals surface area contributed by atoms with Crippen molar-refractivity contribution in [1.82, 2.24) is 9.62 Å². The van der Waals surface area contributed by atoms with E-state index < -0.39 is 40.9 Å². The molecule has 1 aliphatic heterocycles. The predicted molar refractivity (Wildman–Crippen MR) is 115 cm³/mol. The van der Waals surface area contributed by atoms with E-state index in [1.54, 1.807) is 18.2 Å². The van der Waals surface area contributed by atoms with Crippen molar-refractivity contribution in [2.24, 2.45) is 0 Å². The number of ether oxygens (including phenoxy) is 2. The van der Waals surface area contributed by atoms with Gasteiger partial charge in [-0.2, -0.15) is 4.72 Å². The van der Waals surface area contributed by atoms with Gasteiger partial charge in [-0.1, -0.05) is 11.6 Å². The van der Waals surface area contributed by atoms with Gasteiger partial charge in [-0.15, -0.1) is 0 Å². The second kappa shape index (κ2) is 9.60. The highest BCUT2D eigenvalue weighted by molar-refractivity contribution is 7.89. The Morgan fingerprint density at radius 1 is 1.16 bits per heavy atom. The smallest absolute Gasteiger partial charge is 0.265 e. The summed E-state index contributed by atoms with van der Waals surface area (Å²) in [4.78, 5) is 13.9. The molecule has 0 aromatic heterocycles. The maximum Gasteiger partial charge on any atom is 0.265 e. The van der Waals surface area contributed by atoms with Crippen LogP contribution in [0.2, 0.25) is 5.02 Å². The van der Waals surface area contributed by atoms with E-state index in [4.69, 9.17) is 21.1 Å². The zero-order valence-corrected chi connectivity index (χ0v) is 19.1. The number of likely N-dealkylation sites (tertiary alicyclic amines) is 1. The SMILES string of the molecule is COc1ccc(CN2CC(F)(F)CCC(NS(=O)(=O)c3ccc(Cl)cc3)C2=O)c(OC)c1. The number of benzene rings is 2. The Hall–Kier alpha value is -2.43. The summed E-state index contributed by atoms with van der Waals surface area (Å²) >= 11 is 5.79. The molecule has 0 spiro atoms. The molecule has 0 bridgehead atoms. The van der Waals surface area contributed by atoms with Crippen LogP contribution in [0.3, 0.4) is 0 Å². The summed E-state index contributed by atoms with van der Waals surface area (Å²) in [5, 5.41) is 0.341. The summed E-state index contributed by atoms with van der Waals surface area (Å²) < 4.78 is 67.0. The molecule has 1 N–H and O–H groups in total. The number of rotatable bonds is 7. The molecule has 174 valence electrons. The van der Waals surface area contributed by atoms with Crippen molar-refractivity contribution >= 4 is 27.5 Å². The molecule has 1 fully saturated rings. The largest absolute Gasteiger partial charge is 0.497 e. The van der Waals surface area contributed by atoms with E-state index in [-0.39, 0.29) is 17.9 Å². The number of nitrogens with one attached hydrogen (secondary N) is 1. The van der Waals surface area contributed by atoms with Gasteiger partial charge in [-0.05, 0) is 42.8 Å². The maximum absolute atomic E-state index is 14.4. The van der Waals surface area contributed by atoms with Crippen LogP contribution in [0.15, 0.2) is 47.4 Å². The third kappa shape index (κ3) is 5.67. The van der Waals surface area contributed by atoms with Crippen molar-refractivity contribution in [1.29, 1.82) is 0 Å². The van der Waals surface area contributed by atoms with Gasteiger partial charge in [0.1, 0.15) is 17.5 Å². The first-order valence-corrected chi connectivity index (χ1v) is 11.6. The first kappa shape index (κ1) is 24.2. The highest BCUT2D eigenvalue weighted by Gasteiger charge is 2.42. The van der Waals surface area contributed by atoms with Crippen LogP contribution in [0.1, 0.15) is 18.4 Å². The average Bonchev–Trinajstić information content (AvgIpc) is 2.85. The molecule has 1 atom stereocenters. The molecule has 0 radical (unpaired) electrons. The minimum atomic E-state index is -4.12. The summed E-state index contributed by atoms with van der Waals surface area (Å²) in [6.45, 7) is -1.01. The normalized spacial score (nSPS) is 18.8. The number of alkyl halides is 2. The van der Waals surface area contributed by atoms with Gasteiger partial charge in [0, 0.05) is 29.6 Å². The Labute approximate surface area is 190 Å². The van der Waals surface area contributed by atoms with Crippen LogP contribution >= 0.6 is 11.6 Å². The Balaban J connectivity index is 1.87. The van der Waals surface area contributed by atoms with Crippen LogP contribution in [-0.4, -0.2) is 52.0 Å². The van der Waals surface area contributed by atoms with Crippen molar-refractivity contribution in [3.8, 4) is 11.5 Å².